The van der Waals surface area contributed by atoms with Gasteiger partial charge in [0.15, 0.2) is 5.58 Å². The number of hydrogen-bond acceptors (Lipinski definition) is 3. The number of aryl methyl sites for hydroxylation is 2. The SMILES string of the molecule is Cc1cc(C)c2onc(CC(=O)Nc3cc(C(F)(F)F)ccc3Cl)c2c1. The van der Waals surface area contributed by atoms with Crippen LogP contribution in [0, 0.1) is 13.8 Å². The van der Waals surface area contributed by atoms with Gasteiger partial charge in [-0.15, -0.1) is 0 Å². The van der Waals surface area contributed by atoms with Crippen LogP contribution in [0.1, 0.15) is 22.4 Å². The number of halogens is 4. The topological polar surface area (TPSA) is 55.1 Å². The Balaban J connectivity index is 1.84. The van der Waals surface area contributed by atoms with E-state index in [0.717, 1.165) is 29.3 Å². The molecule has 3 aromatic rings. The molecule has 0 radical (unpaired) electrons. The number of alkyl halides is 3. The molecule has 4 nitrogen and oxygen atoms in total. The van der Waals surface area contributed by atoms with Crippen LogP contribution in [-0.4, -0.2) is 11.1 Å². The highest BCUT2D eigenvalue weighted by molar-refractivity contribution is 6.33. The van der Waals surface area contributed by atoms with Crippen molar-refractivity contribution in [1.29, 1.82) is 0 Å². The number of fused-ring (bicyclic) bond motifs is 1. The van der Waals surface area contributed by atoms with E-state index in [1.54, 1.807) is 0 Å². The smallest absolute Gasteiger partial charge is 0.356 e. The summed E-state index contributed by atoms with van der Waals surface area (Å²) in [6, 6.07) is 6.53. The molecule has 2 aromatic carbocycles. The molecule has 0 saturated carbocycles. The van der Waals surface area contributed by atoms with Crippen LogP contribution in [0.15, 0.2) is 34.9 Å². The maximum Gasteiger partial charge on any atom is 0.416 e. The third kappa shape index (κ3) is 3.67. The zero-order valence-electron chi connectivity index (χ0n) is 13.9. The molecule has 3 rings (SSSR count). The highest BCUT2D eigenvalue weighted by atomic mass is 35.5. The number of hydrogen-bond donors (Lipinski definition) is 1. The van der Waals surface area contributed by atoms with Crippen molar-refractivity contribution in [3.8, 4) is 0 Å². The van der Waals surface area contributed by atoms with Gasteiger partial charge in [-0.05, 0) is 49.2 Å². The number of carbonyl (C=O) groups excluding carboxylic acids is 1. The van der Waals surface area contributed by atoms with E-state index in [1.807, 2.05) is 26.0 Å². The lowest BCUT2D eigenvalue weighted by atomic mass is 10.1. The van der Waals surface area contributed by atoms with E-state index < -0.39 is 17.6 Å². The van der Waals surface area contributed by atoms with E-state index in [-0.39, 0.29) is 17.1 Å². The van der Waals surface area contributed by atoms with Crippen molar-refractivity contribution in [1.82, 2.24) is 5.16 Å². The summed E-state index contributed by atoms with van der Waals surface area (Å²) in [5.41, 5.74) is 1.87. The summed E-state index contributed by atoms with van der Waals surface area (Å²) < 4.78 is 43.7. The molecule has 0 aliphatic rings. The molecule has 0 unspecified atom stereocenters. The van der Waals surface area contributed by atoms with Crippen LogP contribution in [0.3, 0.4) is 0 Å². The number of benzene rings is 2. The molecule has 26 heavy (non-hydrogen) atoms. The van der Waals surface area contributed by atoms with Gasteiger partial charge in [-0.2, -0.15) is 13.2 Å². The second-order valence-corrected chi connectivity index (χ2v) is 6.41. The first-order valence-corrected chi connectivity index (χ1v) is 8.05. The fraction of sp³-hybridized carbons (Fsp3) is 0.222. The molecule has 1 heterocycles. The molecule has 0 fully saturated rings. The minimum atomic E-state index is -4.53. The van der Waals surface area contributed by atoms with E-state index in [4.69, 9.17) is 16.1 Å². The Hall–Kier alpha value is -2.54. The standard InChI is InChI=1S/C18H14ClF3N2O2/c1-9-5-10(2)17-12(6-9)14(24-26-17)8-16(25)23-15-7-11(18(20,21)22)3-4-13(15)19/h3-7H,8H2,1-2H3,(H,23,25). The number of nitrogens with one attached hydrogen (secondary N) is 1. The lowest BCUT2D eigenvalue weighted by Crippen LogP contribution is -2.16. The van der Waals surface area contributed by atoms with Crippen molar-refractivity contribution >= 4 is 34.2 Å². The Bertz CT molecular complexity index is 996. The first kappa shape index (κ1) is 18.3. The largest absolute Gasteiger partial charge is 0.416 e. The number of aromatic nitrogens is 1. The van der Waals surface area contributed by atoms with Crippen molar-refractivity contribution < 1.29 is 22.5 Å². The Labute approximate surface area is 151 Å². The Morgan fingerprint density at radius 2 is 1.96 bits per heavy atom. The van der Waals surface area contributed by atoms with E-state index in [1.165, 1.54) is 0 Å². The van der Waals surface area contributed by atoms with Gasteiger partial charge in [0.05, 0.1) is 22.7 Å². The molecular formula is C18H14ClF3N2O2. The molecule has 0 spiro atoms. The van der Waals surface area contributed by atoms with Crippen LogP contribution in [-0.2, 0) is 17.4 Å². The number of anilines is 1. The highest BCUT2D eigenvalue weighted by Gasteiger charge is 2.31. The molecule has 1 N–H and O–H groups in total. The summed E-state index contributed by atoms with van der Waals surface area (Å²) >= 11 is 5.89. The van der Waals surface area contributed by atoms with Gasteiger partial charge in [0.1, 0.15) is 5.69 Å². The zero-order valence-corrected chi connectivity index (χ0v) is 14.6. The van der Waals surface area contributed by atoms with Crippen LogP contribution in [0.25, 0.3) is 11.0 Å². The van der Waals surface area contributed by atoms with E-state index in [2.05, 4.69) is 10.5 Å². The minimum absolute atomic E-state index is 0.0167. The normalized spacial score (nSPS) is 11.8. The van der Waals surface area contributed by atoms with Crippen LogP contribution in [0.5, 0.6) is 0 Å². The van der Waals surface area contributed by atoms with Crippen molar-refractivity contribution in [3.63, 3.8) is 0 Å². The van der Waals surface area contributed by atoms with E-state index in [9.17, 15) is 18.0 Å². The van der Waals surface area contributed by atoms with Gasteiger partial charge in [-0.1, -0.05) is 22.8 Å². The number of amides is 1. The summed E-state index contributed by atoms with van der Waals surface area (Å²) in [6.07, 6.45) is -4.68. The van der Waals surface area contributed by atoms with Gasteiger partial charge in [0, 0.05) is 5.39 Å². The fourth-order valence-electron chi connectivity index (χ4n) is 2.71. The summed E-state index contributed by atoms with van der Waals surface area (Å²) in [7, 11) is 0. The van der Waals surface area contributed by atoms with Gasteiger partial charge < -0.3 is 9.84 Å². The maximum absolute atomic E-state index is 12.8. The van der Waals surface area contributed by atoms with Crippen LogP contribution >= 0.6 is 11.6 Å². The molecule has 0 bridgehead atoms. The summed E-state index contributed by atoms with van der Waals surface area (Å²) in [6.45, 7) is 3.78. The molecule has 0 saturated heterocycles. The molecule has 1 amide bonds. The molecule has 136 valence electrons. The molecule has 0 aliphatic carbocycles. The summed E-state index contributed by atoms with van der Waals surface area (Å²) in [5, 5.41) is 7.03. The second-order valence-electron chi connectivity index (χ2n) is 6.01. The number of rotatable bonds is 3. The van der Waals surface area contributed by atoms with Crippen molar-refractivity contribution in [2.24, 2.45) is 0 Å². The zero-order chi connectivity index (χ0) is 19.1. The molecule has 0 aliphatic heterocycles. The van der Waals surface area contributed by atoms with Gasteiger partial charge in [0.25, 0.3) is 0 Å². The third-order valence-electron chi connectivity index (χ3n) is 3.87. The molecule has 8 heteroatoms. The van der Waals surface area contributed by atoms with Gasteiger partial charge in [0.2, 0.25) is 5.91 Å². The van der Waals surface area contributed by atoms with E-state index in [0.29, 0.717) is 16.7 Å². The molecule has 1 aromatic heterocycles. The Kier molecular flexibility index (Phi) is 4.66. The Morgan fingerprint density at radius 3 is 2.65 bits per heavy atom. The fourth-order valence-corrected chi connectivity index (χ4v) is 2.88. The predicted molar refractivity (Wildman–Crippen MR) is 92.3 cm³/mol. The minimum Gasteiger partial charge on any atom is -0.356 e. The van der Waals surface area contributed by atoms with Gasteiger partial charge in [-0.3, -0.25) is 4.79 Å². The summed E-state index contributed by atoms with van der Waals surface area (Å²) in [5.74, 6) is -0.541. The van der Waals surface area contributed by atoms with Gasteiger partial charge >= 0.3 is 6.18 Å². The van der Waals surface area contributed by atoms with Crippen LogP contribution in [0.2, 0.25) is 5.02 Å². The second kappa shape index (κ2) is 6.64. The third-order valence-corrected chi connectivity index (χ3v) is 4.20. The average molecular weight is 383 g/mol. The quantitative estimate of drug-likeness (QED) is 0.669. The molecule has 0 atom stereocenters. The first-order chi connectivity index (χ1) is 12.1. The number of carbonyl (C=O) groups is 1. The monoisotopic (exact) mass is 382 g/mol. The number of nitrogens with zero attached hydrogens (tertiary/aromatic N) is 1. The van der Waals surface area contributed by atoms with Crippen molar-refractivity contribution in [2.75, 3.05) is 5.32 Å². The van der Waals surface area contributed by atoms with Crippen LogP contribution in [0.4, 0.5) is 18.9 Å². The maximum atomic E-state index is 12.8. The average Bonchev–Trinajstić information content (AvgIpc) is 2.91. The van der Waals surface area contributed by atoms with Crippen molar-refractivity contribution in [2.45, 2.75) is 26.4 Å². The van der Waals surface area contributed by atoms with Gasteiger partial charge in [-0.25, -0.2) is 0 Å². The highest BCUT2D eigenvalue weighted by Crippen LogP contribution is 2.34. The molecular weight excluding hydrogens is 369 g/mol. The lowest BCUT2D eigenvalue weighted by Gasteiger charge is -2.11. The summed E-state index contributed by atoms with van der Waals surface area (Å²) in [4.78, 5) is 12.3. The van der Waals surface area contributed by atoms with Crippen molar-refractivity contribution in [3.05, 3.63) is 57.7 Å². The first-order valence-electron chi connectivity index (χ1n) is 7.67. The van der Waals surface area contributed by atoms with E-state index >= 15 is 0 Å². The lowest BCUT2D eigenvalue weighted by molar-refractivity contribution is -0.137. The Morgan fingerprint density at radius 1 is 1.23 bits per heavy atom. The predicted octanol–water partition coefficient (Wildman–Crippen LogP) is 5.30. The van der Waals surface area contributed by atoms with Crippen LogP contribution < -0.4 is 5.32 Å².